The standard InChI is InChI=1S/C17H27N3O3/c1-10-5-6-13(23-10)12(21)9-19-16(18-4)20-14-11-7-8-22-15(11)17(14,2)3/h5-6,11-12,14-15,21H,7-9H2,1-4H3,(H2,18,19,20). The second-order valence-electron chi connectivity index (χ2n) is 7.10. The predicted octanol–water partition coefficient (Wildman–Crippen LogP) is 1.60. The van der Waals surface area contributed by atoms with Crippen molar-refractivity contribution in [2.24, 2.45) is 16.3 Å². The maximum atomic E-state index is 10.2. The number of aliphatic hydroxyl groups is 1. The van der Waals surface area contributed by atoms with Crippen LogP contribution in [0.5, 0.6) is 0 Å². The zero-order chi connectivity index (χ0) is 16.6. The molecule has 4 atom stereocenters. The fourth-order valence-electron chi connectivity index (χ4n) is 3.89. The molecule has 128 valence electrons. The monoisotopic (exact) mass is 321 g/mol. The van der Waals surface area contributed by atoms with Crippen LogP contribution in [-0.4, -0.2) is 43.4 Å². The molecule has 3 N–H and O–H groups in total. The van der Waals surface area contributed by atoms with Gasteiger partial charge < -0.3 is 24.9 Å². The van der Waals surface area contributed by atoms with Gasteiger partial charge in [-0.25, -0.2) is 0 Å². The van der Waals surface area contributed by atoms with Crippen molar-refractivity contribution in [3.05, 3.63) is 23.7 Å². The highest BCUT2D eigenvalue weighted by Gasteiger charge is 2.59. The summed E-state index contributed by atoms with van der Waals surface area (Å²) in [6, 6.07) is 3.99. The molecule has 2 aliphatic rings. The minimum atomic E-state index is -0.695. The molecule has 6 heteroatoms. The van der Waals surface area contributed by atoms with Crippen molar-refractivity contribution in [3.8, 4) is 0 Å². The maximum absolute atomic E-state index is 10.2. The minimum absolute atomic E-state index is 0.0928. The van der Waals surface area contributed by atoms with E-state index in [0.29, 0.717) is 36.3 Å². The molecular formula is C17H27N3O3. The summed E-state index contributed by atoms with van der Waals surface area (Å²) in [5.41, 5.74) is 0.0928. The van der Waals surface area contributed by atoms with E-state index >= 15 is 0 Å². The number of aliphatic imine (C=N–C) groups is 1. The van der Waals surface area contributed by atoms with Gasteiger partial charge in [-0.1, -0.05) is 13.8 Å². The van der Waals surface area contributed by atoms with E-state index in [1.807, 2.05) is 13.0 Å². The molecule has 2 heterocycles. The van der Waals surface area contributed by atoms with Crippen LogP contribution in [-0.2, 0) is 4.74 Å². The van der Waals surface area contributed by atoms with Gasteiger partial charge in [0.2, 0.25) is 0 Å². The van der Waals surface area contributed by atoms with Gasteiger partial charge in [0.1, 0.15) is 17.6 Å². The number of hydrogen-bond acceptors (Lipinski definition) is 4. The van der Waals surface area contributed by atoms with Crippen LogP contribution in [0.2, 0.25) is 0 Å². The minimum Gasteiger partial charge on any atom is -0.464 e. The molecule has 1 aliphatic heterocycles. The lowest BCUT2D eigenvalue weighted by Gasteiger charge is -2.54. The number of nitrogens with one attached hydrogen (secondary N) is 2. The van der Waals surface area contributed by atoms with Crippen LogP contribution in [0.25, 0.3) is 0 Å². The summed E-state index contributed by atoms with van der Waals surface area (Å²) in [6.45, 7) is 7.52. The number of ether oxygens (including phenoxy) is 1. The molecule has 0 radical (unpaired) electrons. The Kier molecular flexibility index (Phi) is 4.38. The first-order valence-corrected chi connectivity index (χ1v) is 8.26. The van der Waals surface area contributed by atoms with Crippen LogP contribution in [0.4, 0.5) is 0 Å². The normalized spacial score (nSPS) is 30.5. The average molecular weight is 321 g/mol. The molecule has 4 unspecified atom stereocenters. The Balaban J connectivity index is 1.55. The molecule has 0 aromatic carbocycles. The number of hydrogen-bond donors (Lipinski definition) is 3. The Morgan fingerprint density at radius 2 is 2.26 bits per heavy atom. The van der Waals surface area contributed by atoms with Crippen molar-refractivity contribution in [2.45, 2.75) is 45.4 Å². The van der Waals surface area contributed by atoms with Gasteiger partial charge in [-0.15, -0.1) is 0 Å². The Bertz CT molecular complexity index is 581. The molecule has 0 spiro atoms. The van der Waals surface area contributed by atoms with Gasteiger partial charge in [0.05, 0.1) is 12.6 Å². The van der Waals surface area contributed by atoms with E-state index in [4.69, 9.17) is 9.15 Å². The van der Waals surface area contributed by atoms with E-state index in [9.17, 15) is 5.11 Å². The van der Waals surface area contributed by atoms with Gasteiger partial charge >= 0.3 is 0 Å². The topological polar surface area (TPSA) is 79.0 Å². The van der Waals surface area contributed by atoms with Crippen LogP contribution in [0, 0.1) is 18.3 Å². The second-order valence-corrected chi connectivity index (χ2v) is 7.10. The van der Waals surface area contributed by atoms with E-state index in [1.54, 1.807) is 13.1 Å². The summed E-state index contributed by atoms with van der Waals surface area (Å²) >= 11 is 0. The molecule has 23 heavy (non-hydrogen) atoms. The zero-order valence-corrected chi connectivity index (χ0v) is 14.3. The van der Waals surface area contributed by atoms with E-state index in [2.05, 4.69) is 29.5 Å². The molecule has 1 saturated heterocycles. The van der Waals surface area contributed by atoms with E-state index < -0.39 is 6.10 Å². The Labute approximate surface area is 137 Å². The number of aryl methyl sites for hydroxylation is 1. The molecule has 1 saturated carbocycles. The first-order valence-electron chi connectivity index (χ1n) is 8.26. The number of guanidine groups is 1. The predicted molar refractivity (Wildman–Crippen MR) is 88.3 cm³/mol. The summed E-state index contributed by atoms with van der Waals surface area (Å²) in [6.07, 6.45) is 0.742. The van der Waals surface area contributed by atoms with Gasteiger partial charge in [0.15, 0.2) is 5.96 Å². The molecule has 2 fully saturated rings. The van der Waals surface area contributed by atoms with Crippen LogP contribution >= 0.6 is 0 Å². The first-order chi connectivity index (χ1) is 10.9. The lowest BCUT2D eigenvalue weighted by atomic mass is 9.57. The van der Waals surface area contributed by atoms with E-state index in [0.717, 1.165) is 18.8 Å². The number of nitrogens with zero attached hydrogens (tertiary/aromatic N) is 1. The van der Waals surface area contributed by atoms with Crippen molar-refractivity contribution >= 4 is 5.96 Å². The third-order valence-corrected chi connectivity index (χ3v) is 5.17. The van der Waals surface area contributed by atoms with Gasteiger partial charge in [-0.05, 0) is 25.5 Å². The Morgan fingerprint density at radius 1 is 1.48 bits per heavy atom. The van der Waals surface area contributed by atoms with Gasteiger partial charge in [0, 0.05) is 31.0 Å². The van der Waals surface area contributed by atoms with Crippen molar-refractivity contribution in [1.29, 1.82) is 0 Å². The van der Waals surface area contributed by atoms with Gasteiger partial charge in [0.25, 0.3) is 0 Å². The highest BCUT2D eigenvalue weighted by Crippen LogP contribution is 2.52. The van der Waals surface area contributed by atoms with Crippen LogP contribution in [0.3, 0.4) is 0 Å². The van der Waals surface area contributed by atoms with Crippen LogP contribution < -0.4 is 10.6 Å². The lowest BCUT2D eigenvalue weighted by Crippen LogP contribution is -2.68. The van der Waals surface area contributed by atoms with Crippen molar-refractivity contribution in [3.63, 3.8) is 0 Å². The van der Waals surface area contributed by atoms with Gasteiger partial charge in [-0.2, -0.15) is 0 Å². The number of furan rings is 1. The molecule has 0 amide bonds. The molecule has 1 aliphatic carbocycles. The molecule has 0 bridgehead atoms. The summed E-state index contributed by atoms with van der Waals surface area (Å²) < 4.78 is 11.3. The molecular weight excluding hydrogens is 294 g/mol. The van der Waals surface area contributed by atoms with Crippen LogP contribution in [0.15, 0.2) is 21.5 Å². The zero-order valence-electron chi connectivity index (χ0n) is 14.3. The van der Waals surface area contributed by atoms with Crippen molar-refractivity contribution in [2.75, 3.05) is 20.2 Å². The van der Waals surface area contributed by atoms with Gasteiger partial charge in [-0.3, -0.25) is 4.99 Å². The smallest absolute Gasteiger partial charge is 0.191 e. The lowest BCUT2D eigenvalue weighted by molar-refractivity contribution is -0.106. The summed E-state index contributed by atoms with van der Waals surface area (Å²) in [5.74, 6) is 2.61. The fraction of sp³-hybridized carbons (Fsp3) is 0.706. The number of rotatable bonds is 4. The van der Waals surface area contributed by atoms with Crippen LogP contribution in [0.1, 0.15) is 37.9 Å². The summed E-state index contributed by atoms with van der Waals surface area (Å²) in [5, 5.41) is 16.9. The Morgan fingerprint density at radius 3 is 2.91 bits per heavy atom. The fourth-order valence-corrected chi connectivity index (χ4v) is 3.89. The highest BCUT2D eigenvalue weighted by molar-refractivity contribution is 5.80. The largest absolute Gasteiger partial charge is 0.464 e. The number of fused-ring (bicyclic) bond motifs is 1. The average Bonchev–Trinajstić information content (AvgIpc) is 3.14. The molecule has 3 rings (SSSR count). The third kappa shape index (κ3) is 2.97. The molecule has 1 aromatic rings. The quantitative estimate of drug-likeness (QED) is 0.580. The third-order valence-electron chi connectivity index (χ3n) is 5.17. The number of aliphatic hydroxyl groups excluding tert-OH is 1. The summed E-state index contributed by atoms with van der Waals surface area (Å²) in [4.78, 5) is 4.27. The SMILES string of the molecule is CN=C(NCC(O)c1ccc(C)o1)NC1C2CCOC2C1(C)C. The highest BCUT2D eigenvalue weighted by atomic mass is 16.5. The van der Waals surface area contributed by atoms with E-state index in [1.165, 1.54) is 0 Å². The maximum Gasteiger partial charge on any atom is 0.191 e. The summed E-state index contributed by atoms with van der Waals surface area (Å²) in [7, 11) is 1.74. The second kappa shape index (κ2) is 6.17. The molecule has 6 nitrogen and oxygen atoms in total. The first kappa shape index (κ1) is 16.3. The Hall–Kier alpha value is -1.53. The van der Waals surface area contributed by atoms with Crippen molar-refractivity contribution in [1.82, 2.24) is 10.6 Å². The van der Waals surface area contributed by atoms with E-state index in [-0.39, 0.29) is 5.41 Å². The van der Waals surface area contributed by atoms with Crippen molar-refractivity contribution < 1.29 is 14.3 Å². The molecule has 1 aromatic heterocycles.